The lowest BCUT2D eigenvalue weighted by atomic mass is 9.84. The topological polar surface area (TPSA) is 58.6 Å². The Morgan fingerprint density at radius 2 is 1.83 bits per heavy atom. The number of hydrogen-bond acceptors (Lipinski definition) is 3. The number of methoxy groups -OCH3 is 1. The lowest BCUT2D eigenvalue weighted by Crippen LogP contribution is -2.44. The van der Waals surface area contributed by atoms with Crippen LogP contribution in [0.15, 0.2) is 48.5 Å². The molecule has 3 rings (SSSR count). The molecule has 1 N–H and O–H groups in total. The Labute approximate surface area is 179 Å². The molecule has 30 heavy (non-hydrogen) atoms. The van der Waals surface area contributed by atoms with Crippen molar-refractivity contribution in [3.05, 3.63) is 65.2 Å². The second-order valence-electron chi connectivity index (χ2n) is 8.44. The van der Waals surface area contributed by atoms with E-state index in [2.05, 4.69) is 36.5 Å². The van der Waals surface area contributed by atoms with Gasteiger partial charge >= 0.3 is 0 Å². The van der Waals surface area contributed by atoms with Crippen molar-refractivity contribution in [3.8, 4) is 5.75 Å². The number of ether oxygens (including phenoxy) is 1. The van der Waals surface area contributed by atoms with Gasteiger partial charge in [-0.25, -0.2) is 0 Å². The standard InChI is InChI=1S/C25H32N2O3/c1-18-5-7-20(8-6-18)17-25(15-13-23(28)26-25)16-14-24(29)27(3)19(2)21-9-11-22(30-4)12-10-21/h5-12,19H,13-17H2,1-4H3,(H,26,28)/t19-,25+/m0/s1. The maximum Gasteiger partial charge on any atom is 0.222 e. The Morgan fingerprint density at radius 1 is 1.17 bits per heavy atom. The van der Waals surface area contributed by atoms with Crippen molar-refractivity contribution in [2.24, 2.45) is 0 Å². The van der Waals surface area contributed by atoms with Crippen LogP contribution in [0.2, 0.25) is 0 Å². The number of benzene rings is 2. The minimum absolute atomic E-state index is 0.0328. The van der Waals surface area contributed by atoms with Crippen LogP contribution in [0, 0.1) is 6.92 Å². The van der Waals surface area contributed by atoms with Gasteiger partial charge in [0.2, 0.25) is 11.8 Å². The van der Waals surface area contributed by atoms with Gasteiger partial charge in [-0.2, -0.15) is 0 Å². The lowest BCUT2D eigenvalue weighted by molar-refractivity contribution is -0.132. The molecular formula is C25H32N2O3. The van der Waals surface area contributed by atoms with Crippen LogP contribution in [0.3, 0.4) is 0 Å². The maximum atomic E-state index is 12.9. The van der Waals surface area contributed by atoms with Gasteiger partial charge in [0.15, 0.2) is 0 Å². The van der Waals surface area contributed by atoms with Gasteiger partial charge in [-0.1, -0.05) is 42.0 Å². The Morgan fingerprint density at radius 3 is 2.40 bits per heavy atom. The fourth-order valence-corrected chi connectivity index (χ4v) is 4.12. The first kappa shape index (κ1) is 21.9. The van der Waals surface area contributed by atoms with E-state index in [1.54, 1.807) is 12.0 Å². The average Bonchev–Trinajstić information content (AvgIpc) is 3.13. The largest absolute Gasteiger partial charge is 0.497 e. The molecule has 0 bridgehead atoms. The van der Waals surface area contributed by atoms with Crippen molar-refractivity contribution in [1.29, 1.82) is 0 Å². The summed E-state index contributed by atoms with van der Waals surface area (Å²) in [6.07, 6.45) is 3.10. The van der Waals surface area contributed by atoms with E-state index >= 15 is 0 Å². The van der Waals surface area contributed by atoms with Gasteiger partial charge in [0.25, 0.3) is 0 Å². The summed E-state index contributed by atoms with van der Waals surface area (Å²) in [5.74, 6) is 0.965. The molecule has 0 saturated carbocycles. The highest BCUT2D eigenvalue weighted by Gasteiger charge is 2.38. The molecule has 1 aliphatic rings. The second-order valence-corrected chi connectivity index (χ2v) is 8.44. The molecule has 1 aliphatic heterocycles. The van der Waals surface area contributed by atoms with Crippen LogP contribution in [-0.2, 0) is 16.0 Å². The van der Waals surface area contributed by atoms with Gasteiger partial charge in [0, 0.05) is 25.4 Å². The molecule has 1 fully saturated rings. The van der Waals surface area contributed by atoms with E-state index in [1.165, 1.54) is 11.1 Å². The van der Waals surface area contributed by atoms with Crippen molar-refractivity contribution < 1.29 is 14.3 Å². The molecule has 0 aromatic heterocycles. The number of aryl methyl sites for hydroxylation is 1. The van der Waals surface area contributed by atoms with Crippen LogP contribution in [-0.4, -0.2) is 36.4 Å². The lowest BCUT2D eigenvalue weighted by Gasteiger charge is -2.31. The van der Waals surface area contributed by atoms with Gasteiger partial charge in [0.05, 0.1) is 13.2 Å². The van der Waals surface area contributed by atoms with Gasteiger partial charge in [-0.3, -0.25) is 9.59 Å². The first-order valence-corrected chi connectivity index (χ1v) is 10.6. The molecule has 160 valence electrons. The molecule has 5 nitrogen and oxygen atoms in total. The van der Waals surface area contributed by atoms with E-state index in [0.717, 1.165) is 24.2 Å². The first-order valence-electron chi connectivity index (χ1n) is 10.6. The Bertz CT molecular complexity index is 876. The van der Waals surface area contributed by atoms with E-state index in [-0.39, 0.29) is 23.4 Å². The monoisotopic (exact) mass is 408 g/mol. The summed E-state index contributed by atoms with van der Waals surface area (Å²) >= 11 is 0. The quantitative estimate of drug-likeness (QED) is 0.712. The molecule has 2 atom stereocenters. The molecule has 2 aromatic rings. The average molecular weight is 409 g/mol. The highest BCUT2D eigenvalue weighted by Crippen LogP contribution is 2.31. The minimum Gasteiger partial charge on any atom is -0.497 e. The molecule has 1 saturated heterocycles. The van der Waals surface area contributed by atoms with E-state index in [1.807, 2.05) is 38.2 Å². The predicted octanol–water partition coefficient (Wildman–Crippen LogP) is 4.19. The first-order chi connectivity index (χ1) is 14.3. The number of nitrogens with zero attached hydrogens (tertiary/aromatic N) is 1. The Balaban J connectivity index is 1.64. The molecule has 2 amide bonds. The van der Waals surface area contributed by atoms with Crippen LogP contribution < -0.4 is 10.1 Å². The van der Waals surface area contributed by atoms with Crippen LogP contribution in [0.4, 0.5) is 0 Å². The van der Waals surface area contributed by atoms with Crippen molar-refractivity contribution in [1.82, 2.24) is 10.2 Å². The van der Waals surface area contributed by atoms with Crippen LogP contribution >= 0.6 is 0 Å². The number of carbonyl (C=O) groups excluding carboxylic acids is 2. The Hall–Kier alpha value is -2.82. The summed E-state index contributed by atoms with van der Waals surface area (Å²) in [6.45, 7) is 4.09. The highest BCUT2D eigenvalue weighted by atomic mass is 16.5. The van der Waals surface area contributed by atoms with E-state index < -0.39 is 0 Å². The summed E-state index contributed by atoms with van der Waals surface area (Å²) in [5.41, 5.74) is 3.13. The summed E-state index contributed by atoms with van der Waals surface area (Å²) in [4.78, 5) is 26.7. The van der Waals surface area contributed by atoms with E-state index in [9.17, 15) is 9.59 Å². The van der Waals surface area contributed by atoms with Crippen molar-refractivity contribution in [2.45, 2.75) is 57.5 Å². The fourth-order valence-electron chi connectivity index (χ4n) is 4.12. The normalized spacial score (nSPS) is 19.3. The number of amides is 2. The van der Waals surface area contributed by atoms with Crippen LogP contribution in [0.5, 0.6) is 5.75 Å². The Kier molecular flexibility index (Phi) is 6.80. The maximum absolute atomic E-state index is 12.9. The smallest absolute Gasteiger partial charge is 0.222 e. The predicted molar refractivity (Wildman–Crippen MR) is 118 cm³/mol. The zero-order chi connectivity index (χ0) is 21.7. The van der Waals surface area contributed by atoms with E-state index in [4.69, 9.17) is 4.74 Å². The molecule has 1 heterocycles. The molecule has 0 aliphatic carbocycles. The summed E-state index contributed by atoms with van der Waals surface area (Å²) in [7, 11) is 3.49. The molecule has 5 heteroatoms. The van der Waals surface area contributed by atoms with Crippen LogP contribution in [0.25, 0.3) is 0 Å². The SMILES string of the molecule is COc1ccc([C@H](C)N(C)C(=O)CC[C@@]2(Cc3ccc(C)cc3)CCC(=O)N2)cc1. The summed E-state index contributed by atoms with van der Waals surface area (Å²) < 4.78 is 5.21. The number of hydrogen-bond donors (Lipinski definition) is 1. The van der Waals surface area contributed by atoms with E-state index in [0.29, 0.717) is 19.3 Å². The van der Waals surface area contributed by atoms with Crippen molar-refractivity contribution in [3.63, 3.8) is 0 Å². The highest BCUT2D eigenvalue weighted by molar-refractivity contribution is 5.80. The third-order valence-electron chi connectivity index (χ3n) is 6.29. The number of rotatable bonds is 8. The molecular weight excluding hydrogens is 376 g/mol. The molecule has 2 aromatic carbocycles. The third-order valence-corrected chi connectivity index (χ3v) is 6.29. The zero-order valence-corrected chi connectivity index (χ0v) is 18.4. The number of nitrogens with one attached hydrogen (secondary N) is 1. The molecule has 0 spiro atoms. The van der Waals surface area contributed by atoms with Crippen LogP contribution in [0.1, 0.15) is 55.3 Å². The van der Waals surface area contributed by atoms with Crippen molar-refractivity contribution >= 4 is 11.8 Å². The summed E-state index contributed by atoms with van der Waals surface area (Å²) in [6, 6.07) is 16.2. The third kappa shape index (κ3) is 5.21. The van der Waals surface area contributed by atoms with Crippen molar-refractivity contribution in [2.75, 3.05) is 14.2 Å². The van der Waals surface area contributed by atoms with Gasteiger partial charge in [0.1, 0.15) is 5.75 Å². The molecule has 0 unspecified atom stereocenters. The minimum atomic E-state index is -0.341. The van der Waals surface area contributed by atoms with Gasteiger partial charge in [-0.15, -0.1) is 0 Å². The van der Waals surface area contributed by atoms with Gasteiger partial charge in [-0.05, 0) is 56.4 Å². The summed E-state index contributed by atoms with van der Waals surface area (Å²) in [5, 5.41) is 3.17. The zero-order valence-electron chi connectivity index (χ0n) is 18.4. The fraction of sp³-hybridized carbons (Fsp3) is 0.440. The molecule has 0 radical (unpaired) electrons. The van der Waals surface area contributed by atoms with Gasteiger partial charge < -0.3 is 15.0 Å². The second kappa shape index (κ2) is 9.33. The number of carbonyl (C=O) groups is 2.